The molecule has 0 saturated heterocycles. The van der Waals surface area contributed by atoms with Crippen molar-refractivity contribution in [2.24, 2.45) is 11.8 Å². The number of aliphatic hydroxyl groups excluding tert-OH is 1. The first-order valence-corrected chi connectivity index (χ1v) is 17.5. The van der Waals surface area contributed by atoms with Crippen LogP contribution in [-0.2, 0) is 24.9 Å². The van der Waals surface area contributed by atoms with Crippen LogP contribution >= 0.6 is 0 Å². The number of carbonyl (C=O) groups is 1. The molecule has 1 heterocycles. The fraction of sp³-hybridized carbons (Fsp3) is 0.395. The number of aryl methyl sites for hydroxylation is 4. The van der Waals surface area contributed by atoms with Crippen LogP contribution in [0.4, 0.5) is 5.69 Å². The van der Waals surface area contributed by atoms with Crippen molar-refractivity contribution < 1.29 is 30.0 Å². The number of carbonyl (C=O) groups excluding carboxylic acids is 1. The minimum atomic E-state index is 0. The summed E-state index contributed by atoms with van der Waals surface area (Å²) in [6.07, 6.45) is 14.8. The van der Waals surface area contributed by atoms with Crippen LogP contribution in [0.5, 0.6) is 0 Å². The fourth-order valence-electron chi connectivity index (χ4n) is 7.24. The van der Waals surface area contributed by atoms with Crippen LogP contribution in [0.3, 0.4) is 0 Å². The first kappa shape index (κ1) is 37.9. The van der Waals surface area contributed by atoms with Gasteiger partial charge in [0.1, 0.15) is 0 Å². The number of aromatic nitrogens is 2. The summed E-state index contributed by atoms with van der Waals surface area (Å²) in [6, 6.07) is 19.9. The Morgan fingerprint density at radius 3 is 2.06 bits per heavy atom. The number of aliphatic hydroxyl groups is 1. The molecule has 0 bridgehead atoms. The van der Waals surface area contributed by atoms with Crippen molar-refractivity contribution in [2.75, 3.05) is 0 Å². The van der Waals surface area contributed by atoms with Crippen LogP contribution in [0.25, 0.3) is 38.6 Å². The van der Waals surface area contributed by atoms with Gasteiger partial charge in [-0.15, -0.1) is 34.9 Å². The molecule has 1 aromatic heterocycles. The maximum atomic E-state index is 12.0. The molecule has 0 unspecified atom stereocenters. The Bertz CT molecular complexity index is 1800. The molecule has 2 fully saturated rings. The standard InChI is InChI=1S/C28H24N3.C15H24O2.Ir/c1-17-10-18(2)13-22(12-17)27-28(23-14-19(3)11-20(4)15-23)31-26(16-30-27)24-8-7-9-25(29-6)21(24)5;16-14(12-7-3-1-4-8-12)11-15(17)13-9-5-2-6-10-13;/h7-12,14-16H,1-5H3;11-13,16H,1-10H2;/q-1;;/b;14-11-;. The Kier molecular flexibility index (Phi) is 13.7. The van der Waals surface area contributed by atoms with Gasteiger partial charge in [-0.2, -0.15) is 0 Å². The number of benzene rings is 3. The summed E-state index contributed by atoms with van der Waals surface area (Å²) in [5.74, 6) is 0.985. The molecule has 6 heteroatoms. The second-order valence-electron chi connectivity index (χ2n) is 13.8. The third-order valence-electron chi connectivity index (χ3n) is 9.69. The van der Waals surface area contributed by atoms with Crippen LogP contribution in [0, 0.1) is 59.1 Å². The normalized spacial score (nSPS) is 15.4. The van der Waals surface area contributed by atoms with E-state index in [-0.39, 0.29) is 37.7 Å². The average molecular weight is 831 g/mol. The zero-order chi connectivity index (χ0) is 34.2. The van der Waals surface area contributed by atoms with E-state index in [9.17, 15) is 9.90 Å². The maximum absolute atomic E-state index is 12.0. The van der Waals surface area contributed by atoms with Gasteiger partial charge in [-0.05, 0) is 63.1 Å². The summed E-state index contributed by atoms with van der Waals surface area (Å²) < 4.78 is 0. The quantitative estimate of drug-likeness (QED) is 0.119. The van der Waals surface area contributed by atoms with E-state index in [1.165, 1.54) is 55.2 Å². The molecule has 49 heavy (non-hydrogen) atoms. The summed E-state index contributed by atoms with van der Waals surface area (Å²) >= 11 is 0. The SMILES string of the molecule is O=C(/C=C(\O)C1CCCCC1)C1CCCCC1.[C-]#[N+]c1cccc(-c2cnc(-c3[c-]c(C)cc(C)c3)c(-c3cc(C)cc(C)c3)n2)c1C.[Ir]. The molecular formula is C43H48IrN3O2-. The Morgan fingerprint density at radius 2 is 1.45 bits per heavy atom. The largest absolute Gasteiger partial charge is 0.512 e. The van der Waals surface area contributed by atoms with E-state index < -0.39 is 0 Å². The van der Waals surface area contributed by atoms with Crippen LogP contribution in [0.1, 0.15) is 92.0 Å². The van der Waals surface area contributed by atoms with Crippen LogP contribution in [0.2, 0.25) is 0 Å². The van der Waals surface area contributed by atoms with Gasteiger partial charge in [-0.1, -0.05) is 99.9 Å². The molecule has 0 atom stereocenters. The van der Waals surface area contributed by atoms with Crippen molar-refractivity contribution in [3.05, 3.63) is 112 Å². The minimum Gasteiger partial charge on any atom is -0.512 e. The van der Waals surface area contributed by atoms with Gasteiger partial charge in [0.25, 0.3) is 0 Å². The van der Waals surface area contributed by atoms with Crippen LogP contribution < -0.4 is 0 Å². The zero-order valence-electron chi connectivity index (χ0n) is 29.5. The van der Waals surface area contributed by atoms with Crippen LogP contribution in [-0.4, -0.2) is 20.9 Å². The second-order valence-corrected chi connectivity index (χ2v) is 13.8. The Balaban J connectivity index is 0.000000255. The molecule has 2 saturated carbocycles. The summed E-state index contributed by atoms with van der Waals surface area (Å²) in [6.45, 7) is 17.7. The van der Waals surface area contributed by atoms with Gasteiger partial charge in [0, 0.05) is 49.9 Å². The fourth-order valence-corrected chi connectivity index (χ4v) is 7.24. The first-order chi connectivity index (χ1) is 23.1. The molecule has 2 aliphatic carbocycles. The van der Waals surface area contributed by atoms with E-state index in [2.05, 4.69) is 62.0 Å². The third-order valence-corrected chi connectivity index (χ3v) is 9.69. The van der Waals surface area contributed by atoms with Crippen molar-refractivity contribution in [1.82, 2.24) is 9.97 Å². The first-order valence-electron chi connectivity index (χ1n) is 17.5. The molecule has 4 aromatic rings. The smallest absolute Gasteiger partial charge is 0.190 e. The van der Waals surface area contributed by atoms with Gasteiger partial charge in [0.05, 0.1) is 23.7 Å². The molecule has 0 aliphatic heterocycles. The molecule has 0 spiro atoms. The topological polar surface area (TPSA) is 67.4 Å². The van der Waals surface area contributed by atoms with E-state index in [1.807, 2.05) is 38.2 Å². The Morgan fingerprint density at radius 1 is 0.837 bits per heavy atom. The van der Waals surface area contributed by atoms with E-state index in [4.69, 9.17) is 16.5 Å². The molecule has 0 amide bonds. The molecule has 257 valence electrons. The molecule has 6 rings (SSSR count). The van der Waals surface area contributed by atoms with Crippen molar-refractivity contribution in [1.29, 1.82) is 0 Å². The number of rotatable bonds is 6. The van der Waals surface area contributed by atoms with Crippen molar-refractivity contribution in [3.63, 3.8) is 0 Å². The van der Waals surface area contributed by atoms with Crippen molar-refractivity contribution >= 4 is 11.5 Å². The van der Waals surface area contributed by atoms with E-state index >= 15 is 0 Å². The van der Waals surface area contributed by atoms with E-state index in [0.717, 1.165) is 70.6 Å². The molecule has 3 aromatic carbocycles. The number of ketones is 1. The number of hydrogen-bond donors (Lipinski definition) is 1. The second kappa shape index (κ2) is 17.7. The molecule has 5 nitrogen and oxygen atoms in total. The summed E-state index contributed by atoms with van der Waals surface area (Å²) in [7, 11) is 0. The van der Waals surface area contributed by atoms with Gasteiger partial charge in [0.2, 0.25) is 0 Å². The summed E-state index contributed by atoms with van der Waals surface area (Å²) in [4.78, 5) is 25.6. The summed E-state index contributed by atoms with van der Waals surface area (Å²) in [5.41, 5.74) is 11.5. The van der Waals surface area contributed by atoms with Gasteiger partial charge >= 0.3 is 0 Å². The number of hydrogen-bond acceptors (Lipinski definition) is 4. The van der Waals surface area contributed by atoms with Gasteiger partial charge in [-0.25, -0.2) is 4.85 Å². The molecular weight excluding hydrogens is 783 g/mol. The maximum Gasteiger partial charge on any atom is 0.190 e. The van der Waals surface area contributed by atoms with Crippen molar-refractivity contribution in [3.8, 4) is 33.8 Å². The number of allylic oxidation sites excluding steroid dienone is 2. The molecule has 2 aliphatic rings. The van der Waals surface area contributed by atoms with Gasteiger partial charge in [0.15, 0.2) is 11.5 Å². The van der Waals surface area contributed by atoms with Crippen LogP contribution in [0.15, 0.2) is 66.6 Å². The summed E-state index contributed by atoms with van der Waals surface area (Å²) in [5, 5.41) is 10.0. The van der Waals surface area contributed by atoms with Gasteiger partial charge < -0.3 is 10.1 Å². The minimum absolute atomic E-state index is 0. The predicted octanol–water partition coefficient (Wildman–Crippen LogP) is 11.5. The van der Waals surface area contributed by atoms with Gasteiger partial charge in [-0.3, -0.25) is 9.78 Å². The number of nitrogens with zero attached hydrogens (tertiary/aromatic N) is 3. The Labute approximate surface area is 306 Å². The predicted molar refractivity (Wildman–Crippen MR) is 196 cm³/mol. The monoisotopic (exact) mass is 831 g/mol. The van der Waals surface area contributed by atoms with E-state index in [0.29, 0.717) is 11.4 Å². The molecule has 1 radical (unpaired) electrons. The average Bonchev–Trinajstić information content (AvgIpc) is 3.08. The van der Waals surface area contributed by atoms with Crippen molar-refractivity contribution in [2.45, 2.75) is 98.8 Å². The zero-order valence-corrected chi connectivity index (χ0v) is 31.9. The van der Waals surface area contributed by atoms with E-state index in [1.54, 1.807) is 6.08 Å². The molecule has 1 N–H and O–H groups in total. The third kappa shape index (κ3) is 9.84. The Hall–Kier alpha value is -3.91.